The lowest BCUT2D eigenvalue weighted by molar-refractivity contribution is 0.267. The second kappa shape index (κ2) is 4.14. The standard InChI is InChI=1S/C14H18N4/c1-10-5-14(17(2)16-10)9-18-7-11-3-4-13(15)6-12(11)8-18/h3-6H,7-9,15H2,1-2H3. The van der Waals surface area contributed by atoms with Gasteiger partial charge in [0.2, 0.25) is 0 Å². The zero-order valence-corrected chi connectivity index (χ0v) is 10.8. The first-order valence-corrected chi connectivity index (χ1v) is 6.21. The van der Waals surface area contributed by atoms with E-state index in [-0.39, 0.29) is 0 Å². The largest absolute Gasteiger partial charge is 0.399 e. The van der Waals surface area contributed by atoms with E-state index >= 15 is 0 Å². The maximum atomic E-state index is 5.82. The lowest BCUT2D eigenvalue weighted by Crippen LogP contribution is -2.17. The van der Waals surface area contributed by atoms with Crippen LogP contribution in [0.1, 0.15) is 22.5 Å². The summed E-state index contributed by atoms with van der Waals surface area (Å²) in [4.78, 5) is 2.42. The van der Waals surface area contributed by atoms with Crippen LogP contribution in [0.2, 0.25) is 0 Å². The summed E-state index contributed by atoms with van der Waals surface area (Å²) in [5.41, 5.74) is 11.8. The van der Waals surface area contributed by atoms with Gasteiger partial charge in [-0.25, -0.2) is 0 Å². The molecule has 4 nitrogen and oxygen atoms in total. The molecule has 0 atom stereocenters. The molecule has 2 N–H and O–H groups in total. The van der Waals surface area contributed by atoms with Gasteiger partial charge in [0.1, 0.15) is 0 Å². The minimum atomic E-state index is 0.854. The Morgan fingerprint density at radius 1 is 1.22 bits per heavy atom. The SMILES string of the molecule is Cc1cc(CN2Cc3ccc(N)cc3C2)n(C)n1. The molecule has 0 spiro atoms. The Labute approximate surface area is 107 Å². The maximum absolute atomic E-state index is 5.82. The Morgan fingerprint density at radius 2 is 2.00 bits per heavy atom. The fourth-order valence-corrected chi connectivity index (χ4v) is 2.64. The lowest BCUT2D eigenvalue weighted by Gasteiger charge is -2.14. The van der Waals surface area contributed by atoms with Crippen LogP contribution in [0.3, 0.4) is 0 Å². The quantitative estimate of drug-likeness (QED) is 0.817. The van der Waals surface area contributed by atoms with Crippen LogP contribution < -0.4 is 5.73 Å². The summed E-state index contributed by atoms with van der Waals surface area (Å²) < 4.78 is 1.96. The van der Waals surface area contributed by atoms with Crippen LogP contribution in [-0.2, 0) is 26.7 Å². The average molecular weight is 242 g/mol. The molecule has 0 fully saturated rings. The molecular formula is C14H18N4. The maximum Gasteiger partial charge on any atom is 0.0597 e. The van der Waals surface area contributed by atoms with Crippen LogP contribution in [0.4, 0.5) is 5.69 Å². The van der Waals surface area contributed by atoms with E-state index in [1.54, 1.807) is 0 Å². The minimum Gasteiger partial charge on any atom is -0.399 e. The van der Waals surface area contributed by atoms with E-state index in [4.69, 9.17) is 5.73 Å². The average Bonchev–Trinajstić information content (AvgIpc) is 2.82. The smallest absolute Gasteiger partial charge is 0.0597 e. The topological polar surface area (TPSA) is 47.1 Å². The van der Waals surface area contributed by atoms with Crippen LogP contribution >= 0.6 is 0 Å². The van der Waals surface area contributed by atoms with Gasteiger partial charge < -0.3 is 5.73 Å². The molecule has 1 aliphatic rings. The van der Waals surface area contributed by atoms with Crippen molar-refractivity contribution in [3.8, 4) is 0 Å². The molecule has 0 saturated carbocycles. The van der Waals surface area contributed by atoms with Crippen molar-refractivity contribution in [3.63, 3.8) is 0 Å². The van der Waals surface area contributed by atoms with Gasteiger partial charge in [-0.15, -0.1) is 0 Å². The molecule has 0 amide bonds. The van der Waals surface area contributed by atoms with Gasteiger partial charge in [0.15, 0.2) is 0 Å². The number of aromatic nitrogens is 2. The Kier molecular flexibility index (Phi) is 2.59. The summed E-state index contributed by atoms with van der Waals surface area (Å²) in [7, 11) is 2.00. The molecule has 0 unspecified atom stereocenters. The van der Waals surface area contributed by atoms with Crippen LogP contribution in [0.25, 0.3) is 0 Å². The molecule has 94 valence electrons. The van der Waals surface area contributed by atoms with Crippen molar-refractivity contribution in [2.75, 3.05) is 5.73 Å². The van der Waals surface area contributed by atoms with Crippen molar-refractivity contribution in [3.05, 3.63) is 46.8 Å². The highest BCUT2D eigenvalue weighted by molar-refractivity contribution is 5.46. The first-order valence-electron chi connectivity index (χ1n) is 6.21. The third-order valence-electron chi connectivity index (χ3n) is 3.50. The number of nitrogens with two attached hydrogens (primary N) is 1. The number of fused-ring (bicyclic) bond motifs is 1. The summed E-state index contributed by atoms with van der Waals surface area (Å²) in [5, 5.41) is 4.39. The van der Waals surface area contributed by atoms with Crippen molar-refractivity contribution < 1.29 is 0 Å². The molecular weight excluding hydrogens is 224 g/mol. The molecule has 0 saturated heterocycles. The summed E-state index contributed by atoms with van der Waals surface area (Å²) in [6.45, 7) is 4.94. The number of nitrogens with zero attached hydrogens (tertiary/aromatic N) is 3. The van der Waals surface area contributed by atoms with Gasteiger partial charge in [-0.1, -0.05) is 6.07 Å². The molecule has 0 aliphatic carbocycles. The second-order valence-electron chi connectivity index (χ2n) is 5.07. The highest BCUT2D eigenvalue weighted by Gasteiger charge is 2.20. The van der Waals surface area contributed by atoms with Crippen LogP contribution in [0.15, 0.2) is 24.3 Å². The Morgan fingerprint density at radius 3 is 2.72 bits per heavy atom. The zero-order chi connectivity index (χ0) is 12.7. The van der Waals surface area contributed by atoms with Gasteiger partial charge in [-0.05, 0) is 36.2 Å². The minimum absolute atomic E-state index is 0.854. The van der Waals surface area contributed by atoms with Crippen LogP contribution in [0, 0.1) is 6.92 Å². The van der Waals surface area contributed by atoms with Crippen molar-refractivity contribution in [2.24, 2.45) is 7.05 Å². The van der Waals surface area contributed by atoms with Gasteiger partial charge in [0.05, 0.1) is 11.4 Å². The van der Waals surface area contributed by atoms with Gasteiger partial charge in [0, 0.05) is 32.4 Å². The predicted molar refractivity (Wildman–Crippen MR) is 71.8 cm³/mol. The molecule has 4 heteroatoms. The molecule has 1 aromatic heterocycles. The zero-order valence-electron chi connectivity index (χ0n) is 10.8. The van der Waals surface area contributed by atoms with Crippen molar-refractivity contribution in [1.29, 1.82) is 0 Å². The molecule has 18 heavy (non-hydrogen) atoms. The van der Waals surface area contributed by atoms with Gasteiger partial charge >= 0.3 is 0 Å². The fourth-order valence-electron chi connectivity index (χ4n) is 2.64. The van der Waals surface area contributed by atoms with Crippen molar-refractivity contribution >= 4 is 5.69 Å². The Bertz CT molecular complexity index is 585. The molecule has 0 radical (unpaired) electrons. The summed E-state index contributed by atoms with van der Waals surface area (Å²) in [6.07, 6.45) is 0. The van der Waals surface area contributed by atoms with Crippen molar-refractivity contribution in [1.82, 2.24) is 14.7 Å². The normalized spacial score (nSPS) is 15.0. The van der Waals surface area contributed by atoms with E-state index in [2.05, 4.69) is 28.2 Å². The number of aryl methyl sites for hydroxylation is 2. The van der Waals surface area contributed by atoms with E-state index < -0.39 is 0 Å². The van der Waals surface area contributed by atoms with Gasteiger partial charge in [-0.2, -0.15) is 5.10 Å². The van der Waals surface area contributed by atoms with Gasteiger partial charge in [0.25, 0.3) is 0 Å². The first-order chi connectivity index (χ1) is 8.61. The number of nitrogen functional groups attached to an aromatic ring is 1. The number of hydrogen-bond donors (Lipinski definition) is 1. The second-order valence-corrected chi connectivity index (χ2v) is 5.07. The highest BCUT2D eigenvalue weighted by Crippen LogP contribution is 2.25. The summed E-state index contributed by atoms with van der Waals surface area (Å²) in [5.74, 6) is 0. The van der Waals surface area contributed by atoms with E-state index in [0.717, 1.165) is 31.0 Å². The van der Waals surface area contributed by atoms with E-state index in [9.17, 15) is 0 Å². The molecule has 1 aliphatic heterocycles. The number of hydrogen-bond acceptors (Lipinski definition) is 3. The van der Waals surface area contributed by atoms with E-state index in [0.29, 0.717) is 0 Å². The highest BCUT2D eigenvalue weighted by atomic mass is 15.3. The molecule has 1 aromatic carbocycles. The lowest BCUT2D eigenvalue weighted by atomic mass is 10.1. The molecule has 2 aromatic rings. The molecule has 3 rings (SSSR count). The van der Waals surface area contributed by atoms with Crippen molar-refractivity contribution in [2.45, 2.75) is 26.6 Å². The van der Waals surface area contributed by atoms with Gasteiger partial charge in [-0.3, -0.25) is 9.58 Å². The Hall–Kier alpha value is -1.81. The first kappa shape index (κ1) is 11.3. The predicted octanol–water partition coefficient (Wildman–Crippen LogP) is 1.83. The van der Waals surface area contributed by atoms with Crippen LogP contribution in [-0.4, -0.2) is 14.7 Å². The van der Waals surface area contributed by atoms with E-state index in [1.165, 1.54) is 16.8 Å². The molecule has 2 heterocycles. The van der Waals surface area contributed by atoms with Crippen LogP contribution in [0.5, 0.6) is 0 Å². The number of anilines is 1. The third kappa shape index (κ3) is 1.99. The summed E-state index contributed by atoms with van der Waals surface area (Å²) >= 11 is 0. The molecule has 0 bridgehead atoms. The Balaban J connectivity index is 1.76. The fraction of sp³-hybridized carbons (Fsp3) is 0.357. The third-order valence-corrected chi connectivity index (χ3v) is 3.50. The number of rotatable bonds is 2. The summed E-state index contributed by atoms with van der Waals surface area (Å²) in [6, 6.07) is 8.36. The monoisotopic (exact) mass is 242 g/mol. The number of benzene rings is 1. The van der Waals surface area contributed by atoms with E-state index in [1.807, 2.05) is 24.7 Å².